The summed E-state index contributed by atoms with van der Waals surface area (Å²) in [5.41, 5.74) is 1.63. The van der Waals surface area contributed by atoms with Crippen LogP contribution in [-0.2, 0) is 44.7 Å². The first-order valence-electron chi connectivity index (χ1n) is 13.9. The first kappa shape index (κ1) is 31.4. The Hall–Kier alpha value is -4.49. The summed E-state index contributed by atoms with van der Waals surface area (Å²) in [5, 5.41) is 5.32. The van der Waals surface area contributed by atoms with Gasteiger partial charge in [-0.15, -0.1) is 0 Å². The summed E-state index contributed by atoms with van der Waals surface area (Å²) in [5.74, 6) is -2.26. The summed E-state index contributed by atoms with van der Waals surface area (Å²) < 4.78 is 21.4. The van der Waals surface area contributed by atoms with Crippen LogP contribution in [0.5, 0.6) is 0 Å². The smallest absolute Gasteiger partial charge is 0.407 e. The largest absolute Gasteiger partial charge is 0.449 e. The van der Waals surface area contributed by atoms with Gasteiger partial charge >= 0.3 is 12.1 Å². The van der Waals surface area contributed by atoms with E-state index in [1.807, 2.05) is 0 Å². The van der Waals surface area contributed by atoms with Crippen molar-refractivity contribution in [2.45, 2.75) is 52.0 Å². The van der Waals surface area contributed by atoms with Crippen molar-refractivity contribution in [3.05, 3.63) is 54.1 Å². The number of nitrogens with one attached hydrogen (secondary N) is 2. The number of hydrogen-bond donors (Lipinski definition) is 2. The van der Waals surface area contributed by atoms with E-state index >= 15 is 0 Å². The Labute approximate surface area is 249 Å². The maximum absolute atomic E-state index is 13.6. The van der Waals surface area contributed by atoms with Gasteiger partial charge < -0.3 is 39.4 Å². The molecular weight excluding hydrogens is 560 g/mol. The maximum atomic E-state index is 13.6. The predicted octanol–water partition coefficient (Wildman–Crippen LogP) is 2.38. The zero-order chi connectivity index (χ0) is 31.1. The standard InChI is InChI=1S/C30H36N4O9/c1-19(35)42-25(27(37)32-21-10-8-20(9-11-21)17-31-29(39)43-30(2,3)4)26-28(38)34(13-15-41-26)23-7-5-6-22(16-23)33-12-14-40-18-24(33)36/h5-11,16,25-26H,12-15,17-18H2,1-4H3,(H,31,39)(H,32,37). The Balaban J connectivity index is 1.44. The summed E-state index contributed by atoms with van der Waals surface area (Å²) in [6, 6.07) is 13.6. The first-order valence-corrected chi connectivity index (χ1v) is 13.9. The highest BCUT2D eigenvalue weighted by atomic mass is 16.6. The van der Waals surface area contributed by atoms with E-state index < -0.39 is 41.7 Å². The highest BCUT2D eigenvalue weighted by Crippen LogP contribution is 2.27. The number of carbonyl (C=O) groups excluding carboxylic acids is 5. The SMILES string of the molecule is CC(=O)OC(C(=O)Nc1ccc(CNC(=O)OC(C)(C)C)cc1)C1OCCN(c2cccc(N3CCOCC3=O)c2)C1=O. The molecule has 2 N–H and O–H groups in total. The lowest BCUT2D eigenvalue weighted by atomic mass is 10.1. The molecule has 2 aliphatic heterocycles. The fourth-order valence-corrected chi connectivity index (χ4v) is 4.54. The van der Waals surface area contributed by atoms with E-state index in [1.54, 1.807) is 74.2 Å². The number of amides is 4. The Kier molecular flexibility index (Phi) is 9.99. The molecule has 0 aliphatic carbocycles. The molecule has 0 spiro atoms. The lowest BCUT2D eigenvalue weighted by molar-refractivity contribution is -0.167. The lowest BCUT2D eigenvalue weighted by Gasteiger charge is -2.35. The highest BCUT2D eigenvalue weighted by molar-refractivity contribution is 6.05. The zero-order valence-corrected chi connectivity index (χ0v) is 24.6. The van der Waals surface area contributed by atoms with E-state index in [9.17, 15) is 24.0 Å². The molecule has 0 aromatic heterocycles. The average Bonchev–Trinajstić information content (AvgIpc) is 2.95. The van der Waals surface area contributed by atoms with Crippen molar-refractivity contribution in [2.24, 2.45) is 0 Å². The molecule has 2 atom stereocenters. The molecule has 0 radical (unpaired) electrons. The molecule has 0 saturated carbocycles. The van der Waals surface area contributed by atoms with Gasteiger partial charge in [0.25, 0.3) is 17.7 Å². The number of alkyl carbamates (subject to hydrolysis) is 1. The summed E-state index contributed by atoms with van der Waals surface area (Å²) in [4.78, 5) is 66.1. The minimum atomic E-state index is -1.56. The Bertz CT molecular complexity index is 1360. The second kappa shape index (κ2) is 13.7. The summed E-state index contributed by atoms with van der Waals surface area (Å²) >= 11 is 0. The molecular formula is C30H36N4O9. The Morgan fingerprint density at radius 1 is 1.00 bits per heavy atom. The van der Waals surface area contributed by atoms with Gasteiger partial charge in [0.15, 0.2) is 6.10 Å². The summed E-state index contributed by atoms with van der Waals surface area (Å²) in [7, 11) is 0. The van der Waals surface area contributed by atoms with Gasteiger partial charge in [0, 0.05) is 43.6 Å². The van der Waals surface area contributed by atoms with Crippen LogP contribution in [0.2, 0.25) is 0 Å². The average molecular weight is 597 g/mol. The van der Waals surface area contributed by atoms with Gasteiger partial charge in [-0.3, -0.25) is 19.2 Å². The third-order valence-corrected chi connectivity index (χ3v) is 6.44. The number of carbonyl (C=O) groups is 5. The number of esters is 1. The molecule has 0 bridgehead atoms. The van der Waals surface area contributed by atoms with Gasteiger partial charge in [-0.25, -0.2) is 4.79 Å². The Morgan fingerprint density at radius 2 is 1.67 bits per heavy atom. The fraction of sp³-hybridized carbons (Fsp3) is 0.433. The van der Waals surface area contributed by atoms with Crippen molar-refractivity contribution >= 4 is 46.8 Å². The van der Waals surface area contributed by atoms with Crippen LogP contribution in [0.3, 0.4) is 0 Å². The van der Waals surface area contributed by atoms with E-state index in [0.717, 1.165) is 12.5 Å². The second-order valence-electron chi connectivity index (χ2n) is 11.0. The summed E-state index contributed by atoms with van der Waals surface area (Å²) in [6.45, 7) is 7.70. The van der Waals surface area contributed by atoms with E-state index in [4.69, 9.17) is 18.9 Å². The van der Waals surface area contributed by atoms with Crippen LogP contribution in [0.15, 0.2) is 48.5 Å². The van der Waals surface area contributed by atoms with Gasteiger partial charge in [-0.2, -0.15) is 0 Å². The van der Waals surface area contributed by atoms with Crippen LogP contribution in [0.1, 0.15) is 33.3 Å². The molecule has 2 heterocycles. The van der Waals surface area contributed by atoms with Crippen LogP contribution < -0.4 is 20.4 Å². The predicted molar refractivity (Wildman–Crippen MR) is 155 cm³/mol. The normalized spacial score (nSPS) is 18.1. The molecule has 2 aromatic carbocycles. The van der Waals surface area contributed by atoms with Gasteiger partial charge in [0.2, 0.25) is 6.10 Å². The quantitative estimate of drug-likeness (QED) is 0.438. The zero-order valence-electron chi connectivity index (χ0n) is 24.6. The van der Waals surface area contributed by atoms with E-state index in [2.05, 4.69) is 10.6 Å². The van der Waals surface area contributed by atoms with Crippen LogP contribution in [0.25, 0.3) is 0 Å². The molecule has 13 nitrogen and oxygen atoms in total. The van der Waals surface area contributed by atoms with E-state index in [0.29, 0.717) is 30.2 Å². The van der Waals surface area contributed by atoms with Gasteiger partial charge in [0.05, 0.1) is 13.2 Å². The number of anilines is 3. The fourth-order valence-electron chi connectivity index (χ4n) is 4.54. The molecule has 2 aliphatic rings. The summed E-state index contributed by atoms with van der Waals surface area (Å²) in [6.07, 6.45) is -3.52. The first-order chi connectivity index (χ1) is 20.4. The lowest BCUT2D eigenvalue weighted by Crippen LogP contribution is -2.56. The van der Waals surface area contributed by atoms with Crippen molar-refractivity contribution in [1.29, 1.82) is 0 Å². The Morgan fingerprint density at radius 3 is 2.33 bits per heavy atom. The minimum Gasteiger partial charge on any atom is -0.449 e. The molecule has 43 heavy (non-hydrogen) atoms. The third-order valence-electron chi connectivity index (χ3n) is 6.44. The molecule has 2 saturated heterocycles. The highest BCUT2D eigenvalue weighted by Gasteiger charge is 2.42. The van der Waals surface area contributed by atoms with Crippen molar-refractivity contribution in [2.75, 3.05) is 48.0 Å². The van der Waals surface area contributed by atoms with Crippen molar-refractivity contribution in [3.63, 3.8) is 0 Å². The second-order valence-corrected chi connectivity index (χ2v) is 11.0. The number of nitrogens with zero attached hydrogens (tertiary/aromatic N) is 2. The van der Waals surface area contributed by atoms with Crippen LogP contribution in [0.4, 0.5) is 21.9 Å². The molecule has 2 aromatic rings. The van der Waals surface area contributed by atoms with Crippen LogP contribution >= 0.6 is 0 Å². The van der Waals surface area contributed by atoms with Gasteiger partial charge in [-0.05, 0) is 56.7 Å². The van der Waals surface area contributed by atoms with E-state index in [1.165, 1.54) is 4.90 Å². The number of hydrogen-bond acceptors (Lipinski definition) is 9. The van der Waals surface area contributed by atoms with Crippen molar-refractivity contribution < 1.29 is 42.9 Å². The molecule has 2 fully saturated rings. The van der Waals surface area contributed by atoms with Gasteiger partial charge in [0.1, 0.15) is 12.2 Å². The number of morpholine rings is 2. The molecule has 2 unspecified atom stereocenters. The molecule has 4 rings (SSSR count). The molecule has 13 heteroatoms. The van der Waals surface area contributed by atoms with Gasteiger partial charge in [-0.1, -0.05) is 18.2 Å². The number of rotatable bonds is 8. The van der Waals surface area contributed by atoms with Crippen LogP contribution in [-0.4, -0.2) is 80.5 Å². The maximum Gasteiger partial charge on any atom is 0.407 e. The number of ether oxygens (including phenoxy) is 4. The molecule has 230 valence electrons. The van der Waals surface area contributed by atoms with E-state index in [-0.39, 0.29) is 32.2 Å². The van der Waals surface area contributed by atoms with Crippen molar-refractivity contribution in [1.82, 2.24) is 5.32 Å². The third kappa shape index (κ3) is 8.52. The van der Waals surface area contributed by atoms with Crippen LogP contribution in [0, 0.1) is 0 Å². The topological polar surface area (TPSA) is 153 Å². The minimum absolute atomic E-state index is 0.0202. The van der Waals surface area contributed by atoms with Crippen molar-refractivity contribution in [3.8, 4) is 0 Å². The monoisotopic (exact) mass is 596 g/mol. The number of benzene rings is 2. The molecule has 4 amide bonds.